The number of fused-ring (bicyclic) bond motifs is 4. The third-order valence-electron chi connectivity index (χ3n) is 12.5. The van der Waals surface area contributed by atoms with E-state index in [1.54, 1.807) is 50.0 Å². The number of carbonyl (C=O) groups is 1. The number of aliphatic carboxylic acids is 1. The normalized spacial score (nSPS) is 17.4. The number of nitrogens with zero attached hydrogens (tertiary/aromatic N) is 1. The van der Waals surface area contributed by atoms with Gasteiger partial charge in [-0.2, -0.15) is 42.1 Å². The summed E-state index contributed by atoms with van der Waals surface area (Å²) in [4.78, 5) is 9.80. The predicted molar refractivity (Wildman–Crippen MR) is 259 cm³/mol. The van der Waals surface area contributed by atoms with E-state index in [1.165, 1.54) is 25.3 Å². The Morgan fingerprint density at radius 1 is 0.743 bits per heavy atom. The molecule has 0 saturated heterocycles. The molecule has 0 spiro atoms. The van der Waals surface area contributed by atoms with Crippen molar-refractivity contribution in [1.82, 2.24) is 0 Å². The third-order valence-corrected chi connectivity index (χ3v) is 16.8. The van der Waals surface area contributed by atoms with Crippen LogP contribution in [0, 0.1) is 6.92 Å². The van der Waals surface area contributed by atoms with Crippen LogP contribution in [0.2, 0.25) is 0 Å². The largest absolute Gasteiger partial charge is 0.481 e. The number of carboxylic acid groups (broad SMARTS) is 1. The molecule has 0 aliphatic carbocycles. The lowest BCUT2D eigenvalue weighted by Crippen LogP contribution is -2.30. The fourth-order valence-electron chi connectivity index (χ4n) is 9.17. The average molecular weight is 1070 g/mol. The molecule has 4 aromatic rings. The number of benzene rings is 4. The number of ether oxygens (including phenoxy) is 2. The van der Waals surface area contributed by atoms with Crippen LogP contribution in [0.4, 0.5) is 5.69 Å². The van der Waals surface area contributed by atoms with Gasteiger partial charge in [0, 0.05) is 59.7 Å². The minimum atomic E-state index is -5.15. The van der Waals surface area contributed by atoms with E-state index in [1.807, 2.05) is 0 Å². The molecular weight excluding hydrogens is 1020 g/mol. The number of carboxylic acids is 1. The number of unbranched alkanes of at least 4 members (excludes halogenated alkanes) is 2. The quantitative estimate of drug-likeness (QED) is 0.0242. The number of rotatable bonds is 24. The minimum absolute atomic E-state index is 0.0298. The van der Waals surface area contributed by atoms with Crippen LogP contribution in [-0.2, 0) is 75.7 Å². The predicted octanol–water partition coefficient (Wildman–Crippen LogP) is 6.69. The summed E-state index contributed by atoms with van der Waals surface area (Å²) in [7, 11) is -23.5. The molecule has 1 heterocycles. The van der Waals surface area contributed by atoms with Crippen LogP contribution in [0.1, 0.15) is 75.5 Å². The van der Waals surface area contributed by atoms with Crippen LogP contribution in [0.3, 0.4) is 0 Å². The Hall–Kier alpha value is -4.64. The zero-order chi connectivity index (χ0) is 52.4. The Morgan fingerprint density at radius 2 is 1.31 bits per heavy atom. The molecule has 0 saturated carbocycles. The van der Waals surface area contributed by atoms with Crippen LogP contribution >= 0.6 is 0 Å². The molecule has 384 valence electrons. The Kier molecular flexibility index (Phi) is 17.1. The summed E-state index contributed by atoms with van der Waals surface area (Å²) in [6.45, 7) is 10.1. The van der Waals surface area contributed by atoms with E-state index in [0.29, 0.717) is 59.5 Å². The van der Waals surface area contributed by atoms with Gasteiger partial charge in [0.25, 0.3) is 50.6 Å². The molecule has 6 N–H and O–H groups in total. The van der Waals surface area contributed by atoms with Crippen LogP contribution < -0.4 is 4.90 Å². The van der Waals surface area contributed by atoms with Gasteiger partial charge < -0.3 is 19.5 Å². The van der Waals surface area contributed by atoms with Gasteiger partial charge in [0.15, 0.2) is 0 Å². The zero-order valence-corrected chi connectivity index (χ0v) is 42.6. The van der Waals surface area contributed by atoms with Crippen LogP contribution in [0.25, 0.3) is 21.5 Å². The van der Waals surface area contributed by atoms with Crippen molar-refractivity contribution in [3.8, 4) is 0 Å². The van der Waals surface area contributed by atoms with Gasteiger partial charge in [-0.3, -0.25) is 27.6 Å². The lowest BCUT2D eigenvalue weighted by atomic mass is 9.70. The summed E-state index contributed by atoms with van der Waals surface area (Å²) >= 11 is 0. The van der Waals surface area contributed by atoms with Gasteiger partial charge >= 0.3 is 5.97 Å². The van der Waals surface area contributed by atoms with E-state index < -0.39 is 92.7 Å². The molecule has 2 atom stereocenters. The van der Waals surface area contributed by atoms with Gasteiger partial charge in [0.1, 0.15) is 9.79 Å². The molecule has 5 rings (SSSR count). The topological polar surface area (TPSA) is 331 Å². The molecule has 1 aliphatic heterocycles. The van der Waals surface area contributed by atoms with Crippen LogP contribution in [0.15, 0.2) is 104 Å². The van der Waals surface area contributed by atoms with E-state index in [2.05, 4.69) is 6.58 Å². The Morgan fingerprint density at radius 3 is 1.86 bits per heavy atom. The highest BCUT2D eigenvalue weighted by Gasteiger charge is 2.45. The number of methoxy groups -OCH3 is 1. The maximum absolute atomic E-state index is 12.8. The average Bonchev–Trinajstić information content (AvgIpc) is 3.46. The molecule has 0 fully saturated rings. The first-order valence-corrected chi connectivity index (χ1v) is 28.8. The standard InChI is InChI=1S/C45H55NO19S5/c1-29-14-15-33-35(25-31(67(52,53)54)27-38(33)69(58,59)60)42(29)44(3,19-21-65-23-22-64-5)30(2)11-9-12-40-45(4,18-10-24-66(49,50)51)43-36-26-32(68(55,56)57)28-39(70(61,62)63)34(36)16-17-37(43)46(40)20-8-6-7-13-41(47)48/h9,11-12,14-17,25-28H,2,6-8,10,13,18-24H2,1,3-5H3,(H,47,48)(H,49,50,51)(H,52,53,54)(H,55,56,57)(H,58,59,60)(H,61,62,63)/b11-9+,40-12+. The van der Waals surface area contributed by atoms with Gasteiger partial charge in [-0.25, -0.2) is 0 Å². The van der Waals surface area contributed by atoms with Crippen molar-refractivity contribution in [1.29, 1.82) is 0 Å². The Balaban J connectivity index is 1.80. The molecule has 20 nitrogen and oxygen atoms in total. The molecule has 0 radical (unpaired) electrons. The van der Waals surface area contributed by atoms with E-state index in [-0.39, 0.29) is 79.2 Å². The molecule has 0 amide bonds. The lowest BCUT2D eigenvalue weighted by Gasteiger charge is -2.34. The monoisotopic (exact) mass is 1070 g/mol. The zero-order valence-electron chi connectivity index (χ0n) is 38.5. The summed E-state index contributed by atoms with van der Waals surface area (Å²) in [6.07, 6.45) is 5.59. The van der Waals surface area contributed by atoms with E-state index in [9.17, 15) is 74.8 Å². The maximum Gasteiger partial charge on any atom is 0.303 e. The highest BCUT2D eigenvalue weighted by molar-refractivity contribution is 7.87. The molecule has 70 heavy (non-hydrogen) atoms. The fraction of sp³-hybridized carbons (Fsp3) is 0.400. The van der Waals surface area contributed by atoms with Crippen molar-refractivity contribution in [2.45, 2.75) is 96.1 Å². The molecular formula is C45H55NO19S5. The lowest BCUT2D eigenvalue weighted by molar-refractivity contribution is -0.137. The second-order valence-corrected chi connectivity index (χ2v) is 24.5. The molecule has 2 unspecified atom stereocenters. The third kappa shape index (κ3) is 12.7. The smallest absolute Gasteiger partial charge is 0.303 e. The second kappa shape index (κ2) is 21.2. The number of anilines is 1. The number of aryl methyl sites for hydroxylation is 1. The van der Waals surface area contributed by atoms with Crippen molar-refractivity contribution >= 4 is 83.8 Å². The molecule has 0 aromatic heterocycles. The van der Waals surface area contributed by atoms with Crippen molar-refractivity contribution in [2.75, 3.05) is 44.1 Å². The van der Waals surface area contributed by atoms with Gasteiger partial charge in [0.05, 0.1) is 28.8 Å². The summed E-state index contributed by atoms with van der Waals surface area (Å²) in [5.74, 6) is -1.73. The number of allylic oxidation sites excluding steroid dienone is 5. The molecule has 1 aliphatic rings. The van der Waals surface area contributed by atoms with Crippen molar-refractivity contribution in [3.63, 3.8) is 0 Å². The van der Waals surface area contributed by atoms with Crippen molar-refractivity contribution in [2.24, 2.45) is 0 Å². The summed E-state index contributed by atoms with van der Waals surface area (Å²) in [5, 5.41) is 9.03. The molecule has 25 heteroatoms. The Bertz CT molecular complexity index is 3370. The van der Waals surface area contributed by atoms with Gasteiger partial charge in [0.2, 0.25) is 0 Å². The second-order valence-electron chi connectivity index (χ2n) is 17.4. The van der Waals surface area contributed by atoms with E-state index in [0.717, 1.165) is 12.1 Å². The van der Waals surface area contributed by atoms with Gasteiger partial charge in [-0.05, 0) is 115 Å². The highest BCUT2D eigenvalue weighted by atomic mass is 32.2. The minimum Gasteiger partial charge on any atom is -0.481 e. The maximum atomic E-state index is 12.8. The number of hydrogen-bond donors (Lipinski definition) is 6. The first kappa shape index (κ1) is 56.3. The first-order chi connectivity index (χ1) is 32.3. The van der Waals surface area contributed by atoms with E-state index in [4.69, 9.17) is 9.47 Å². The summed E-state index contributed by atoms with van der Waals surface area (Å²) < 4.78 is 187. The Labute approximate surface area is 407 Å². The van der Waals surface area contributed by atoms with E-state index >= 15 is 0 Å². The summed E-state index contributed by atoms with van der Waals surface area (Å²) in [6, 6.07) is 9.13. The van der Waals surface area contributed by atoms with Gasteiger partial charge in [-0.15, -0.1) is 0 Å². The molecule has 0 bridgehead atoms. The summed E-state index contributed by atoms with van der Waals surface area (Å²) in [5.41, 5.74) is -0.416. The van der Waals surface area contributed by atoms with Crippen LogP contribution in [-0.4, -0.2) is 115 Å². The van der Waals surface area contributed by atoms with Gasteiger partial charge in [-0.1, -0.05) is 50.3 Å². The fourth-order valence-corrected chi connectivity index (χ4v) is 12.4. The molecule has 4 aromatic carbocycles. The first-order valence-electron chi connectivity index (χ1n) is 21.4. The number of hydrogen-bond acceptors (Lipinski definition) is 14. The highest BCUT2D eigenvalue weighted by Crippen LogP contribution is 2.54. The SMILES string of the molecule is C=C(/C=C/C=C1/N(CCCCCC(=O)O)c2ccc3c(S(=O)(=O)O)cc(S(=O)(=O)O)cc3c2C1(C)CCCS(=O)(=O)O)C(C)(CCOCCOC)c1c(C)ccc2c(S(=O)(=O)O)cc(S(=O)(=O)O)cc12. The van der Waals surface area contributed by atoms with Crippen LogP contribution in [0.5, 0.6) is 0 Å². The van der Waals surface area contributed by atoms with Crippen molar-refractivity contribution in [3.05, 3.63) is 101 Å². The van der Waals surface area contributed by atoms with Crippen molar-refractivity contribution < 1.29 is 84.2 Å².